The molecule has 3 aromatic rings. The average molecular weight is 444 g/mol. The molecule has 0 radical (unpaired) electrons. The van der Waals surface area contributed by atoms with Crippen molar-refractivity contribution in [2.75, 3.05) is 13.1 Å². The van der Waals surface area contributed by atoms with E-state index in [0.717, 1.165) is 37.9 Å². The third-order valence-corrected chi connectivity index (χ3v) is 6.70. The molecular formula is C29H33NO3. The summed E-state index contributed by atoms with van der Waals surface area (Å²) in [6.45, 7) is 4.14. The minimum absolute atomic E-state index is 0.0980. The lowest BCUT2D eigenvalue weighted by Crippen LogP contribution is -2.44. The summed E-state index contributed by atoms with van der Waals surface area (Å²) in [7, 11) is 0. The van der Waals surface area contributed by atoms with Gasteiger partial charge in [0.25, 0.3) is 0 Å². The Morgan fingerprint density at radius 2 is 1.61 bits per heavy atom. The fourth-order valence-electron chi connectivity index (χ4n) is 4.63. The highest BCUT2D eigenvalue weighted by atomic mass is 16.5. The molecule has 1 fully saturated rings. The van der Waals surface area contributed by atoms with Crippen LogP contribution in [0.15, 0.2) is 78.9 Å². The van der Waals surface area contributed by atoms with Gasteiger partial charge < -0.3 is 9.84 Å². The maximum Gasteiger partial charge on any atom is 0.179 e. The Morgan fingerprint density at radius 1 is 0.970 bits per heavy atom. The Labute approximate surface area is 196 Å². The van der Waals surface area contributed by atoms with Gasteiger partial charge in [0, 0.05) is 11.1 Å². The molecule has 0 saturated carbocycles. The molecule has 1 aliphatic rings. The Hall–Kier alpha value is -2.95. The van der Waals surface area contributed by atoms with E-state index in [-0.39, 0.29) is 18.4 Å². The normalized spacial score (nSPS) is 15.8. The van der Waals surface area contributed by atoms with Gasteiger partial charge in [0.05, 0.1) is 12.6 Å². The number of benzene rings is 3. The largest absolute Gasteiger partial charge is 0.489 e. The monoisotopic (exact) mass is 443 g/mol. The van der Waals surface area contributed by atoms with Gasteiger partial charge in [0.15, 0.2) is 5.78 Å². The summed E-state index contributed by atoms with van der Waals surface area (Å²) in [6, 6.07) is 25.8. The van der Waals surface area contributed by atoms with Gasteiger partial charge in [-0.3, -0.25) is 9.69 Å². The highest BCUT2D eigenvalue weighted by molar-refractivity contribution is 6.00. The molecule has 4 nitrogen and oxygen atoms in total. The van der Waals surface area contributed by atoms with Crippen molar-refractivity contribution < 1.29 is 14.6 Å². The van der Waals surface area contributed by atoms with E-state index in [2.05, 4.69) is 35.2 Å². The van der Waals surface area contributed by atoms with Crippen molar-refractivity contribution in [1.29, 1.82) is 0 Å². The molecule has 172 valence electrons. The summed E-state index contributed by atoms with van der Waals surface area (Å²) in [6.07, 6.45) is 3.34. The van der Waals surface area contributed by atoms with E-state index in [9.17, 15) is 9.90 Å². The van der Waals surface area contributed by atoms with Crippen molar-refractivity contribution in [1.82, 2.24) is 4.90 Å². The van der Waals surface area contributed by atoms with Gasteiger partial charge in [0.1, 0.15) is 12.4 Å². The third kappa shape index (κ3) is 6.10. The number of piperidine rings is 1. The molecular weight excluding hydrogens is 410 g/mol. The number of aliphatic hydroxyl groups is 1. The molecule has 33 heavy (non-hydrogen) atoms. The summed E-state index contributed by atoms with van der Waals surface area (Å²) in [5, 5.41) is 9.86. The van der Waals surface area contributed by atoms with Gasteiger partial charge in [-0.1, -0.05) is 60.7 Å². The molecule has 1 heterocycles. The summed E-state index contributed by atoms with van der Waals surface area (Å²) < 4.78 is 5.90. The van der Waals surface area contributed by atoms with Crippen LogP contribution in [0.25, 0.3) is 0 Å². The molecule has 0 bridgehead atoms. The second-order valence-corrected chi connectivity index (χ2v) is 8.96. The predicted molar refractivity (Wildman–Crippen MR) is 131 cm³/mol. The predicted octanol–water partition coefficient (Wildman–Crippen LogP) is 5.28. The van der Waals surface area contributed by atoms with E-state index in [4.69, 9.17) is 4.74 Å². The zero-order valence-corrected chi connectivity index (χ0v) is 19.3. The van der Waals surface area contributed by atoms with Gasteiger partial charge >= 0.3 is 0 Å². The fraction of sp³-hybridized carbons (Fsp3) is 0.345. The smallest absolute Gasteiger partial charge is 0.179 e. The van der Waals surface area contributed by atoms with Crippen molar-refractivity contribution in [3.8, 4) is 5.75 Å². The number of ketones is 1. The molecule has 0 aromatic heterocycles. The summed E-state index contributed by atoms with van der Waals surface area (Å²) in [5.41, 5.74) is 3.73. The molecule has 0 aliphatic carbocycles. The molecule has 1 saturated heterocycles. The molecule has 1 aliphatic heterocycles. The van der Waals surface area contributed by atoms with Crippen LogP contribution in [0, 0.1) is 5.92 Å². The van der Waals surface area contributed by atoms with E-state index in [1.54, 1.807) is 12.1 Å². The van der Waals surface area contributed by atoms with Gasteiger partial charge in [-0.05, 0) is 74.5 Å². The highest BCUT2D eigenvalue weighted by Crippen LogP contribution is 2.26. The Kier molecular flexibility index (Phi) is 7.92. The van der Waals surface area contributed by atoms with Crippen LogP contribution in [-0.2, 0) is 19.6 Å². The van der Waals surface area contributed by atoms with Crippen LogP contribution in [-0.4, -0.2) is 34.9 Å². The maximum absolute atomic E-state index is 13.2. The van der Waals surface area contributed by atoms with Crippen LogP contribution in [0.5, 0.6) is 5.75 Å². The first-order chi connectivity index (χ1) is 16.1. The van der Waals surface area contributed by atoms with E-state index in [1.165, 1.54) is 5.56 Å². The first kappa shape index (κ1) is 23.2. The van der Waals surface area contributed by atoms with E-state index < -0.39 is 0 Å². The molecule has 1 unspecified atom stereocenters. The van der Waals surface area contributed by atoms with Crippen molar-refractivity contribution in [3.05, 3.63) is 101 Å². The molecule has 3 aromatic carbocycles. The van der Waals surface area contributed by atoms with Gasteiger partial charge in [-0.2, -0.15) is 0 Å². The second-order valence-electron chi connectivity index (χ2n) is 8.96. The van der Waals surface area contributed by atoms with Crippen molar-refractivity contribution in [2.24, 2.45) is 5.92 Å². The minimum atomic E-state index is -0.176. The number of Topliss-reactive ketones (excluding diaryl/α,β-unsaturated/α-hetero) is 1. The summed E-state index contributed by atoms with van der Waals surface area (Å²) >= 11 is 0. The van der Waals surface area contributed by atoms with Crippen LogP contribution in [0.4, 0.5) is 0 Å². The van der Waals surface area contributed by atoms with Crippen molar-refractivity contribution in [2.45, 2.75) is 45.4 Å². The lowest BCUT2D eigenvalue weighted by atomic mass is 9.89. The first-order valence-corrected chi connectivity index (χ1v) is 11.9. The quantitative estimate of drug-likeness (QED) is 0.457. The molecule has 1 N–H and O–H groups in total. The topological polar surface area (TPSA) is 49.8 Å². The second kappa shape index (κ2) is 11.3. The number of carbonyl (C=O) groups is 1. The molecule has 0 spiro atoms. The van der Waals surface area contributed by atoms with Crippen LogP contribution in [0.3, 0.4) is 0 Å². The SMILES string of the molecule is CC(C(=O)c1ccc(OCc2ccccc2)c(CO)c1)N1CCC(Cc2ccccc2)CC1. The van der Waals surface area contributed by atoms with Gasteiger partial charge in [-0.25, -0.2) is 0 Å². The van der Waals surface area contributed by atoms with Crippen LogP contribution in [0.2, 0.25) is 0 Å². The van der Waals surface area contributed by atoms with Crippen molar-refractivity contribution >= 4 is 5.78 Å². The van der Waals surface area contributed by atoms with Crippen LogP contribution in [0.1, 0.15) is 46.8 Å². The van der Waals surface area contributed by atoms with Gasteiger partial charge in [-0.15, -0.1) is 0 Å². The number of carbonyl (C=O) groups excluding carboxylic acids is 1. The number of hydrogen-bond donors (Lipinski definition) is 1. The molecule has 0 amide bonds. The Balaban J connectivity index is 1.34. The average Bonchev–Trinajstić information content (AvgIpc) is 2.88. The summed E-state index contributed by atoms with van der Waals surface area (Å²) in [5.74, 6) is 1.39. The summed E-state index contributed by atoms with van der Waals surface area (Å²) in [4.78, 5) is 15.5. The fourth-order valence-corrected chi connectivity index (χ4v) is 4.63. The molecule has 4 heteroatoms. The number of hydrogen-bond acceptors (Lipinski definition) is 4. The van der Waals surface area contributed by atoms with E-state index in [0.29, 0.717) is 29.4 Å². The van der Waals surface area contributed by atoms with Crippen LogP contribution < -0.4 is 4.74 Å². The number of ether oxygens (including phenoxy) is 1. The van der Waals surface area contributed by atoms with Crippen molar-refractivity contribution in [3.63, 3.8) is 0 Å². The number of rotatable bonds is 9. The highest BCUT2D eigenvalue weighted by Gasteiger charge is 2.27. The Morgan fingerprint density at radius 3 is 2.24 bits per heavy atom. The number of nitrogens with zero attached hydrogens (tertiary/aromatic N) is 1. The zero-order valence-electron chi connectivity index (χ0n) is 19.3. The lowest BCUT2D eigenvalue weighted by Gasteiger charge is -2.35. The minimum Gasteiger partial charge on any atom is -0.489 e. The van der Waals surface area contributed by atoms with E-state index >= 15 is 0 Å². The number of likely N-dealkylation sites (tertiary alicyclic amines) is 1. The molecule has 1 atom stereocenters. The standard InChI is InChI=1S/C29H33NO3/c1-22(30-16-14-24(15-17-30)18-23-8-4-2-5-9-23)29(32)26-12-13-28(27(19-26)20-31)33-21-25-10-6-3-7-11-25/h2-13,19,22,24,31H,14-18,20-21H2,1H3. The Bertz CT molecular complexity index is 1030. The van der Waals surface area contributed by atoms with Crippen LogP contribution >= 0.6 is 0 Å². The lowest BCUT2D eigenvalue weighted by molar-refractivity contribution is 0.0771. The van der Waals surface area contributed by atoms with Gasteiger partial charge in [0.2, 0.25) is 0 Å². The van der Waals surface area contributed by atoms with E-state index in [1.807, 2.05) is 43.3 Å². The third-order valence-electron chi connectivity index (χ3n) is 6.70. The number of aliphatic hydroxyl groups excluding tert-OH is 1. The molecule has 4 rings (SSSR count). The first-order valence-electron chi connectivity index (χ1n) is 11.9. The maximum atomic E-state index is 13.2. The zero-order chi connectivity index (χ0) is 23.0.